The largest absolute Gasteiger partial charge is 0.207 e. The summed E-state index contributed by atoms with van der Waals surface area (Å²) in [6, 6.07) is 14.7. The molecule has 0 amide bonds. The maximum atomic E-state index is 13.1. The molecule has 0 spiro atoms. The highest BCUT2D eigenvalue weighted by atomic mass is 35.5. The number of rotatable bonds is 4. The molecule has 94 valence electrons. The first kappa shape index (κ1) is 13.1. The van der Waals surface area contributed by atoms with Crippen molar-refractivity contribution in [3.63, 3.8) is 0 Å². The fourth-order valence-electron chi connectivity index (χ4n) is 2.00. The first-order valence-corrected chi connectivity index (χ1v) is 6.62. The molecule has 0 aliphatic heterocycles. The first-order valence-electron chi connectivity index (χ1n) is 6.19. The summed E-state index contributed by atoms with van der Waals surface area (Å²) in [5.41, 5.74) is 3.10. The van der Waals surface area contributed by atoms with Crippen molar-refractivity contribution < 1.29 is 4.39 Å². The maximum absolute atomic E-state index is 13.1. The molecule has 0 radical (unpaired) electrons. The van der Waals surface area contributed by atoms with Crippen molar-refractivity contribution in [3.8, 4) is 0 Å². The molecule has 0 heterocycles. The van der Waals surface area contributed by atoms with Crippen molar-refractivity contribution >= 4 is 11.6 Å². The second-order valence-corrected chi connectivity index (χ2v) is 4.85. The third-order valence-electron chi connectivity index (χ3n) is 2.95. The monoisotopic (exact) mass is 262 g/mol. The van der Waals surface area contributed by atoms with Gasteiger partial charge in [-0.25, -0.2) is 4.39 Å². The van der Waals surface area contributed by atoms with E-state index in [1.165, 1.54) is 17.7 Å². The van der Waals surface area contributed by atoms with E-state index < -0.39 is 0 Å². The third kappa shape index (κ3) is 3.11. The van der Waals surface area contributed by atoms with Crippen LogP contribution in [-0.4, -0.2) is 0 Å². The molecule has 0 aromatic heterocycles. The summed E-state index contributed by atoms with van der Waals surface area (Å²) in [6.07, 6.45) is 2.21. The molecular weight excluding hydrogens is 247 g/mol. The second-order valence-electron chi connectivity index (χ2n) is 4.41. The van der Waals surface area contributed by atoms with Gasteiger partial charge in [0.05, 0.1) is 5.38 Å². The molecule has 0 aliphatic rings. The Labute approximate surface area is 112 Å². The molecule has 0 bridgehead atoms. The molecule has 0 saturated carbocycles. The van der Waals surface area contributed by atoms with Crippen LogP contribution in [0.4, 0.5) is 4.39 Å². The summed E-state index contributed by atoms with van der Waals surface area (Å²) in [7, 11) is 0. The van der Waals surface area contributed by atoms with Gasteiger partial charge >= 0.3 is 0 Å². The van der Waals surface area contributed by atoms with Crippen LogP contribution < -0.4 is 0 Å². The average molecular weight is 263 g/mol. The van der Waals surface area contributed by atoms with E-state index in [0.29, 0.717) is 0 Å². The molecule has 2 aromatic rings. The zero-order valence-corrected chi connectivity index (χ0v) is 11.1. The van der Waals surface area contributed by atoms with Crippen LogP contribution in [0.3, 0.4) is 0 Å². The van der Waals surface area contributed by atoms with Gasteiger partial charge in [0.25, 0.3) is 0 Å². The second kappa shape index (κ2) is 6.01. The standard InChI is InChI=1S/C16H16ClF/c1-2-4-12-7-9-13(10-8-12)16(17)14-5-3-6-15(18)11-14/h3,5-11,16H,2,4H2,1H3. The highest BCUT2D eigenvalue weighted by Crippen LogP contribution is 2.29. The lowest BCUT2D eigenvalue weighted by atomic mass is 10.0. The summed E-state index contributed by atoms with van der Waals surface area (Å²) < 4.78 is 13.1. The van der Waals surface area contributed by atoms with Gasteiger partial charge in [-0.2, -0.15) is 0 Å². The van der Waals surface area contributed by atoms with Crippen molar-refractivity contribution in [2.45, 2.75) is 25.1 Å². The summed E-state index contributed by atoms with van der Waals surface area (Å²) in [5.74, 6) is -0.249. The van der Waals surface area contributed by atoms with Crippen molar-refractivity contribution in [2.24, 2.45) is 0 Å². The van der Waals surface area contributed by atoms with Crippen LogP contribution in [0.2, 0.25) is 0 Å². The van der Waals surface area contributed by atoms with Gasteiger partial charge in [-0.1, -0.05) is 49.7 Å². The molecule has 1 atom stereocenters. The topological polar surface area (TPSA) is 0 Å². The fraction of sp³-hybridized carbons (Fsp3) is 0.250. The lowest BCUT2D eigenvalue weighted by molar-refractivity contribution is 0.626. The van der Waals surface area contributed by atoms with E-state index in [0.717, 1.165) is 24.0 Å². The fourth-order valence-corrected chi connectivity index (χ4v) is 2.28. The number of aryl methyl sites for hydroxylation is 1. The quantitative estimate of drug-likeness (QED) is 0.672. The zero-order chi connectivity index (χ0) is 13.0. The lowest BCUT2D eigenvalue weighted by Gasteiger charge is -2.11. The molecule has 0 N–H and O–H groups in total. The van der Waals surface area contributed by atoms with Gasteiger partial charge in [0.15, 0.2) is 0 Å². The third-order valence-corrected chi connectivity index (χ3v) is 3.46. The molecule has 0 aliphatic carbocycles. The number of alkyl halides is 1. The van der Waals surface area contributed by atoms with Gasteiger partial charge < -0.3 is 0 Å². The Morgan fingerprint density at radius 3 is 2.39 bits per heavy atom. The summed E-state index contributed by atoms with van der Waals surface area (Å²) in [6.45, 7) is 2.16. The Morgan fingerprint density at radius 2 is 1.78 bits per heavy atom. The summed E-state index contributed by atoms with van der Waals surface area (Å²) in [5, 5.41) is -0.295. The van der Waals surface area contributed by atoms with Crippen molar-refractivity contribution in [1.82, 2.24) is 0 Å². The predicted molar refractivity (Wildman–Crippen MR) is 74.5 cm³/mol. The highest BCUT2D eigenvalue weighted by Gasteiger charge is 2.11. The minimum atomic E-state index is -0.295. The molecular formula is C16H16ClF. The van der Waals surface area contributed by atoms with Crippen molar-refractivity contribution in [2.75, 3.05) is 0 Å². The zero-order valence-electron chi connectivity index (χ0n) is 10.4. The van der Waals surface area contributed by atoms with E-state index >= 15 is 0 Å². The predicted octanol–water partition coefficient (Wildman–Crippen LogP) is 5.11. The Bertz CT molecular complexity index is 505. The molecule has 0 saturated heterocycles. The van der Waals surface area contributed by atoms with Crippen LogP contribution in [0.5, 0.6) is 0 Å². The molecule has 2 rings (SSSR count). The van der Waals surface area contributed by atoms with Gasteiger partial charge in [0, 0.05) is 0 Å². The molecule has 0 fully saturated rings. The van der Waals surface area contributed by atoms with Crippen LogP contribution in [0.25, 0.3) is 0 Å². The highest BCUT2D eigenvalue weighted by molar-refractivity contribution is 6.22. The Kier molecular flexibility index (Phi) is 4.38. The number of hydrogen-bond donors (Lipinski definition) is 0. The molecule has 18 heavy (non-hydrogen) atoms. The number of hydrogen-bond acceptors (Lipinski definition) is 0. The smallest absolute Gasteiger partial charge is 0.123 e. The van der Waals surface area contributed by atoms with Crippen LogP contribution >= 0.6 is 11.6 Å². The van der Waals surface area contributed by atoms with E-state index in [9.17, 15) is 4.39 Å². The Morgan fingerprint density at radius 1 is 1.06 bits per heavy atom. The molecule has 2 heteroatoms. The number of benzene rings is 2. The van der Waals surface area contributed by atoms with E-state index in [1.54, 1.807) is 6.07 Å². The van der Waals surface area contributed by atoms with Crippen molar-refractivity contribution in [1.29, 1.82) is 0 Å². The van der Waals surface area contributed by atoms with E-state index in [-0.39, 0.29) is 11.2 Å². The summed E-state index contributed by atoms with van der Waals surface area (Å²) >= 11 is 6.37. The molecule has 0 nitrogen and oxygen atoms in total. The van der Waals surface area contributed by atoms with Gasteiger partial charge in [-0.05, 0) is 35.2 Å². The molecule has 2 aromatic carbocycles. The van der Waals surface area contributed by atoms with Gasteiger partial charge in [0.1, 0.15) is 5.82 Å². The van der Waals surface area contributed by atoms with Crippen LogP contribution in [0.15, 0.2) is 48.5 Å². The molecule has 1 unspecified atom stereocenters. The average Bonchev–Trinajstić information content (AvgIpc) is 2.39. The van der Waals surface area contributed by atoms with Crippen LogP contribution in [-0.2, 0) is 6.42 Å². The minimum Gasteiger partial charge on any atom is -0.207 e. The van der Waals surface area contributed by atoms with Crippen LogP contribution in [0, 0.1) is 5.82 Å². The Hall–Kier alpha value is -1.34. The number of halogens is 2. The first-order chi connectivity index (χ1) is 8.70. The van der Waals surface area contributed by atoms with Gasteiger partial charge in [0.2, 0.25) is 0 Å². The van der Waals surface area contributed by atoms with Crippen LogP contribution in [0.1, 0.15) is 35.4 Å². The van der Waals surface area contributed by atoms with E-state index in [2.05, 4.69) is 19.1 Å². The minimum absolute atomic E-state index is 0.249. The van der Waals surface area contributed by atoms with Crippen molar-refractivity contribution in [3.05, 3.63) is 71.0 Å². The van der Waals surface area contributed by atoms with E-state index in [4.69, 9.17) is 11.6 Å². The normalized spacial score (nSPS) is 12.4. The van der Waals surface area contributed by atoms with Gasteiger partial charge in [-0.15, -0.1) is 11.6 Å². The Balaban J connectivity index is 2.20. The lowest BCUT2D eigenvalue weighted by Crippen LogP contribution is -1.94. The maximum Gasteiger partial charge on any atom is 0.123 e. The SMILES string of the molecule is CCCc1ccc(C(Cl)c2cccc(F)c2)cc1. The van der Waals surface area contributed by atoms with Gasteiger partial charge in [-0.3, -0.25) is 0 Å². The summed E-state index contributed by atoms with van der Waals surface area (Å²) in [4.78, 5) is 0. The van der Waals surface area contributed by atoms with E-state index in [1.807, 2.05) is 18.2 Å².